The topological polar surface area (TPSA) is 22.1 Å². The molecular weight excluding hydrogens is 126 g/mol. The predicted molar refractivity (Wildman–Crippen MR) is 38.6 cm³/mol. The van der Waals surface area contributed by atoms with Crippen LogP contribution in [0.4, 0.5) is 0 Å². The molecule has 0 aliphatic rings. The second-order valence-corrected chi connectivity index (χ2v) is 1.66. The summed E-state index contributed by atoms with van der Waals surface area (Å²) in [6.07, 6.45) is 6.63. The van der Waals surface area contributed by atoms with E-state index >= 15 is 0 Å². The molecule has 2 nitrogen and oxygen atoms in total. The number of rotatable bonds is 2. The van der Waals surface area contributed by atoms with Gasteiger partial charge < -0.3 is 4.74 Å². The zero-order valence-electron chi connectivity index (χ0n) is 5.45. The van der Waals surface area contributed by atoms with Gasteiger partial charge in [0.05, 0.1) is 0 Å². The van der Waals surface area contributed by atoms with Crippen molar-refractivity contribution in [2.24, 2.45) is 0 Å². The van der Waals surface area contributed by atoms with Crippen molar-refractivity contribution in [3.05, 3.63) is 24.4 Å². The van der Waals surface area contributed by atoms with Crippen molar-refractivity contribution < 1.29 is 4.74 Å². The fraction of sp³-hybridized carbons (Fsp3) is 0.125. The molecule has 1 aromatic heterocycles. The molecule has 1 aromatic rings. The number of pyridine rings is 1. The highest BCUT2D eigenvalue weighted by atomic mass is 16.5. The second kappa shape index (κ2) is 3.52. The van der Waals surface area contributed by atoms with Crippen LogP contribution in [0.25, 0.3) is 0 Å². The van der Waals surface area contributed by atoms with E-state index in [0.29, 0.717) is 5.88 Å². The van der Waals surface area contributed by atoms with Gasteiger partial charge in [-0.05, 0) is 6.07 Å². The molecule has 0 amide bonds. The highest BCUT2D eigenvalue weighted by Crippen LogP contribution is 2.01. The van der Waals surface area contributed by atoms with Gasteiger partial charge in [0.25, 0.3) is 0 Å². The van der Waals surface area contributed by atoms with E-state index in [9.17, 15) is 0 Å². The second-order valence-electron chi connectivity index (χ2n) is 1.66. The maximum Gasteiger partial charge on any atom is 0.214 e. The third kappa shape index (κ3) is 1.79. The molecule has 1 heterocycles. The Morgan fingerprint density at radius 1 is 1.60 bits per heavy atom. The summed E-state index contributed by atoms with van der Waals surface area (Å²) in [5.74, 6) is 2.92. The van der Waals surface area contributed by atoms with Crippen molar-refractivity contribution in [2.75, 3.05) is 6.61 Å². The lowest BCUT2D eigenvalue weighted by Crippen LogP contribution is -1.94. The minimum Gasteiger partial charge on any atom is -0.464 e. The number of ether oxygens (including phenoxy) is 1. The lowest BCUT2D eigenvalue weighted by Gasteiger charge is -1.97. The minimum atomic E-state index is 0.275. The van der Waals surface area contributed by atoms with Gasteiger partial charge in [-0.2, -0.15) is 0 Å². The summed E-state index contributed by atoms with van der Waals surface area (Å²) >= 11 is 0. The molecule has 50 valence electrons. The van der Waals surface area contributed by atoms with Crippen molar-refractivity contribution in [3.63, 3.8) is 0 Å². The van der Waals surface area contributed by atoms with Crippen LogP contribution in [0.1, 0.15) is 0 Å². The van der Waals surface area contributed by atoms with Crippen LogP contribution >= 0.6 is 0 Å². The Bertz CT molecular complexity index is 225. The first-order valence-electron chi connectivity index (χ1n) is 2.91. The van der Waals surface area contributed by atoms with Crippen LogP contribution in [0.3, 0.4) is 0 Å². The van der Waals surface area contributed by atoms with E-state index in [2.05, 4.69) is 10.9 Å². The molecule has 0 aromatic carbocycles. The molecular formula is C8H7NO. The average Bonchev–Trinajstić information content (AvgIpc) is 2.03. The van der Waals surface area contributed by atoms with Crippen LogP contribution in [-0.4, -0.2) is 11.6 Å². The molecule has 0 N–H and O–H groups in total. The Morgan fingerprint density at radius 2 is 2.50 bits per heavy atom. The summed E-state index contributed by atoms with van der Waals surface area (Å²) < 4.78 is 5.01. The summed E-state index contributed by atoms with van der Waals surface area (Å²) in [5, 5.41) is 0. The van der Waals surface area contributed by atoms with E-state index in [4.69, 9.17) is 11.2 Å². The number of aromatic nitrogens is 1. The quantitative estimate of drug-likeness (QED) is 0.563. The zero-order chi connectivity index (χ0) is 7.23. The van der Waals surface area contributed by atoms with Crippen molar-refractivity contribution in [3.8, 4) is 18.2 Å². The van der Waals surface area contributed by atoms with Crippen LogP contribution in [0, 0.1) is 12.3 Å². The summed E-state index contributed by atoms with van der Waals surface area (Å²) in [4.78, 5) is 3.90. The van der Waals surface area contributed by atoms with E-state index in [0.717, 1.165) is 0 Å². The van der Waals surface area contributed by atoms with Crippen LogP contribution < -0.4 is 4.74 Å². The Balaban J connectivity index is 2.52. The van der Waals surface area contributed by atoms with Crippen LogP contribution in [0.15, 0.2) is 24.4 Å². The maximum absolute atomic E-state index is 5.01. The molecule has 0 aliphatic heterocycles. The lowest BCUT2D eigenvalue weighted by atomic mass is 10.5. The van der Waals surface area contributed by atoms with Gasteiger partial charge in [-0.1, -0.05) is 12.0 Å². The molecule has 0 radical (unpaired) electrons. The first-order chi connectivity index (χ1) is 4.93. The van der Waals surface area contributed by atoms with Crippen LogP contribution in [0.2, 0.25) is 0 Å². The van der Waals surface area contributed by atoms with E-state index in [1.165, 1.54) is 0 Å². The van der Waals surface area contributed by atoms with E-state index in [-0.39, 0.29) is 6.61 Å². The number of hydrogen-bond donors (Lipinski definition) is 0. The first kappa shape index (κ1) is 6.63. The molecule has 10 heavy (non-hydrogen) atoms. The fourth-order valence-electron chi connectivity index (χ4n) is 0.548. The average molecular weight is 133 g/mol. The smallest absolute Gasteiger partial charge is 0.214 e. The summed E-state index contributed by atoms with van der Waals surface area (Å²) in [6.45, 7) is 0.275. The van der Waals surface area contributed by atoms with Crippen molar-refractivity contribution in [1.82, 2.24) is 4.98 Å². The van der Waals surface area contributed by atoms with Gasteiger partial charge in [0.2, 0.25) is 5.88 Å². The standard InChI is InChI=1S/C8H7NO/c1-2-7-10-8-5-3-4-6-9-8/h1,3-6H,7H2. The largest absolute Gasteiger partial charge is 0.464 e. The van der Waals surface area contributed by atoms with E-state index in [1.807, 2.05) is 12.1 Å². The molecule has 2 heteroatoms. The molecule has 0 spiro atoms. The predicted octanol–water partition coefficient (Wildman–Crippen LogP) is 1.09. The summed E-state index contributed by atoms with van der Waals surface area (Å²) in [5.41, 5.74) is 0. The molecule has 0 fully saturated rings. The highest BCUT2D eigenvalue weighted by Gasteiger charge is 1.87. The first-order valence-corrected chi connectivity index (χ1v) is 2.91. The lowest BCUT2D eigenvalue weighted by molar-refractivity contribution is 0.355. The maximum atomic E-state index is 5.01. The van der Waals surface area contributed by atoms with Gasteiger partial charge in [0.1, 0.15) is 0 Å². The molecule has 0 saturated heterocycles. The monoisotopic (exact) mass is 133 g/mol. The Labute approximate surface area is 59.9 Å². The SMILES string of the molecule is C#CCOc1ccccn1. The van der Waals surface area contributed by atoms with Gasteiger partial charge in [-0.25, -0.2) is 4.98 Å². The van der Waals surface area contributed by atoms with Gasteiger partial charge in [-0.15, -0.1) is 6.42 Å². The molecule has 0 unspecified atom stereocenters. The third-order valence-electron chi connectivity index (χ3n) is 0.941. The zero-order valence-corrected chi connectivity index (χ0v) is 5.45. The number of nitrogens with zero attached hydrogens (tertiary/aromatic N) is 1. The van der Waals surface area contributed by atoms with Crippen molar-refractivity contribution in [1.29, 1.82) is 0 Å². The molecule has 0 atom stereocenters. The number of terminal acetylenes is 1. The highest BCUT2D eigenvalue weighted by molar-refractivity contribution is 5.09. The normalized spacial score (nSPS) is 8.30. The van der Waals surface area contributed by atoms with Gasteiger partial charge in [0.15, 0.2) is 6.61 Å². The summed E-state index contributed by atoms with van der Waals surface area (Å²) in [7, 11) is 0. The van der Waals surface area contributed by atoms with Gasteiger partial charge in [0, 0.05) is 12.3 Å². The molecule has 0 aliphatic carbocycles. The van der Waals surface area contributed by atoms with E-state index < -0.39 is 0 Å². The van der Waals surface area contributed by atoms with Crippen molar-refractivity contribution >= 4 is 0 Å². The van der Waals surface area contributed by atoms with Crippen LogP contribution in [-0.2, 0) is 0 Å². The Hall–Kier alpha value is -1.49. The number of hydrogen-bond acceptors (Lipinski definition) is 2. The van der Waals surface area contributed by atoms with Gasteiger partial charge >= 0.3 is 0 Å². The molecule has 0 bridgehead atoms. The molecule has 1 rings (SSSR count). The summed E-state index contributed by atoms with van der Waals surface area (Å²) in [6, 6.07) is 5.43. The van der Waals surface area contributed by atoms with Crippen LogP contribution in [0.5, 0.6) is 5.88 Å². The Morgan fingerprint density at radius 3 is 3.10 bits per heavy atom. The van der Waals surface area contributed by atoms with Crippen molar-refractivity contribution in [2.45, 2.75) is 0 Å². The van der Waals surface area contributed by atoms with E-state index in [1.54, 1.807) is 12.3 Å². The third-order valence-corrected chi connectivity index (χ3v) is 0.941. The fourth-order valence-corrected chi connectivity index (χ4v) is 0.548. The Kier molecular flexibility index (Phi) is 2.33. The minimum absolute atomic E-state index is 0.275. The van der Waals surface area contributed by atoms with Gasteiger partial charge in [-0.3, -0.25) is 0 Å². The molecule has 0 saturated carbocycles.